The van der Waals surface area contributed by atoms with Gasteiger partial charge in [0.15, 0.2) is 0 Å². The van der Waals surface area contributed by atoms with E-state index in [4.69, 9.17) is 26.1 Å². The number of hydrogen-bond acceptors (Lipinski definition) is 3. The van der Waals surface area contributed by atoms with Gasteiger partial charge in [0.25, 0.3) is 0 Å². The fraction of sp³-hybridized carbons (Fsp3) is 0.227. The molecule has 0 fully saturated rings. The van der Waals surface area contributed by atoms with E-state index in [1.165, 1.54) is 5.39 Å². The molecule has 0 spiro atoms. The van der Waals surface area contributed by atoms with Gasteiger partial charge in [-0.05, 0) is 47.5 Å². The van der Waals surface area contributed by atoms with Gasteiger partial charge in [0.2, 0.25) is 0 Å². The minimum Gasteiger partial charge on any atom is -0.486 e. The van der Waals surface area contributed by atoms with Crippen molar-refractivity contribution in [3.63, 3.8) is 0 Å². The highest BCUT2D eigenvalue weighted by Crippen LogP contribution is 2.24. The van der Waals surface area contributed by atoms with Gasteiger partial charge >= 0.3 is 0 Å². The second-order valence-electron chi connectivity index (χ2n) is 6.46. The molecule has 4 aromatic rings. The molecule has 27 heavy (non-hydrogen) atoms. The third-order valence-corrected chi connectivity index (χ3v) is 4.84. The zero-order valence-electron chi connectivity index (χ0n) is 15.2. The summed E-state index contributed by atoms with van der Waals surface area (Å²) < 4.78 is 13.4. The van der Waals surface area contributed by atoms with Crippen molar-refractivity contribution in [2.24, 2.45) is 0 Å². The average Bonchev–Trinajstić information content (AvgIpc) is 3.03. The van der Waals surface area contributed by atoms with Gasteiger partial charge in [-0.15, -0.1) is 0 Å². The molecule has 0 saturated carbocycles. The van der Waals surface area contributed by atoms with Crippen molar-refractivity contribution in [1.29, 1.82) is 0 Å². The minimum atomic E-state index is 0.400. The van der Waals surface area contributed by atoms with E-state index in [0.717, 1.165) is 41.0 Å². The Morgan fingerprint density at radius 3 is 2.70 bits per heavy atom. The zero-order chi connectivity index (χ0) is 18.6. The molecule has 0 N–H and O–H groups in total. The van der Waals surface area contributed by atoms with Crippen LogP contribution in [-0.2, 0) is 17.9 Å². The van der Waals surface area contributed by atoms with Crippen LogP contribution in [-0.4, -0.2) is 23.3 Å². The summed E-state index contributed by atoms with van der Waals surface area (Å²) in [6, 6.07) is 20.2. The van der Waals surface area contributed by atoms with Crippen molar-refractivity contribution in [3.05, 3.63) is 71.5 Å². The van der Waals surface area contributed by atoms with E-state index in [9.17, 15) is 0 Å². The average molecular weight is 381 g/mol. The molecule has 0 radical (unpaired) electrons. The van der Waals surface area contributed by atoms with Gasteiger partial charge in [0, 0.05) is 25.3 Å². The quantitative estimate of drug-likeness (QED) is 0.399. The molecule has 1 aromatic heterocycles. The molecule has 0 saturated heterocycles. The molecule has 0 amide bonds. The second kappa shape index (κ2) is 7.99. The van der Waals surface area contributed by atoms with Crippen molar-refractivity contribution < 1.29 is 9.47 Å². The number of aryl methyl sites for hydroxylation is 1. The van der Waals surface area contributed by atoms with E-state index in [2.05, 4.69) is 28.8 Å². The van der Waals surface area contributed by atoms with Crippen LogP contribution in [0.15, 0.2) is 60.7 Å². The summed E-state index contributed by atoms with van der Waals surface area (Å²) in [5, 5.41) is 3.05. The highest BCUT2D eigenvalue weighted by molar-refractivity contribution is 6.31. The molecular weight excluding hydrogens is 360 g/mol. The molecule has 1 heterocycles. The summed E-state index contributed by atoms with van der Waals surface area (Å²) in [6.45, 7) is 1.93. The van der Waals surface area contributed by atoms with Crippen LogP contribution in [0.4, 0.5) is 0 Å². The topological polar surface area (TPSA) is 36.3 Å². The lowest BCUT2D eigenvalue weighted by Gasteiger charge is -2.11. The number of nitrogens with zero attached hydrogens (tertiary/aromatic N) is 2. The maximum Gasteiger partial charge on any atom is 0.148 e. The van der Waals surface area contributed by atoms with E-state index < -0.39 is 0 Å². The number of halogens is 1. The molecule has 0 aliphatic rings. The number of fused-ring (bicyclic) bond motifs is 2. The van der Waals surface area contributed by atoms with E-state index in [-0.39, 0.29) is 0 Å². The molecule has 3 aromatic carbocycles. The number of aromatic nitrogens is 2. The normalized spacial score (nSPS) is 11.3. The van der Waals surface area contributed by atoms with Crippen LogP contribution in [0.3, 0.4) is 0 Å². The van der Waals surface area contributed by atoms with Gasteiger partial charge in [-0.25, -0.2) is 4.98 Å². The van der Waals surface area contributed by atoms with Crippen LogP contribution < -0.4 is 4.74 Å². The number of imidazole rings is 1. The summed E-state index contributed by atoms with van der Waals surface area (Å²) in [4.78, 5) is 4.74. The molecular formula is C22H21ClN2O2. The third-order valence-electron chi connectivity index (χ3n) is 4.61. The van der Waals surface area contributed by atoms with E-state index in [0.29, 0.717) is 18.2 Å². The first-order valence-corrected chi connectivity index (χ1v) is 9.37. The van der Waals surface area contributed by atoms with E-state index in [1.807, 2.05) is 36.4 Å². The molecule has 4 rings (SSSR count). The van der Waals surface area contributed by atoms with Crippen molar-refractivity contribution in [3.8, 4) is 5.75 Å². The Morgan fingerprint density at radius 1 is 1.00 bits per heavy atom. The van der Waals surface area contributed by atoms with Gasteiger partial charge in [0.1, 0.15) is 18.2 Å². The van der Waals surface area contributed by atoms with Gasteiger partial charge in [-0.3, -0.25) is 0 Å². The van der Waals surface area contributed by atoms with Crippen molar-refractivity contribution in [2.75, 3.05) is 13.7 Å². The number of hydrogen-bond donors (Lipinski definition) is 0. The number of benzene rings is 3. The maximum absolute atomic E-state index is 6.14. The molecule has 138 valence electrons. The zero-order valence-corrected chi connectivity index (χ0v) is 15.9. The van der Waals surface area contributed by atoms with Crippen LogP contribution in [0.25, 0.3) is 21.8 Å². The molecule has 0 unspecified atom stereocenters. The molecule has 0 atom stereocenters. The highest BCUT2D eigenvalue weighted by Gasteiger charge is 2.12. The summed E-state index contributed by atoms with van der Waals surface area (Å²) >= 11 is 6.14. The lowest BCUT2D eigenvalue weighted by atomic mass is 10.1. The molecule has 0 aliphatic carbocycles. The molecule has 0 aliphatic heterocycles. The smallest absolute Gasteiger partial charge is 0.148 e. The molecule has 0 bridgehead atoms. The van der Waals surface area contributed by atoms with Crippen molar-refractivity contribution >= 4 is 33.4 Å². The number of ether oxygens (including phenoxy) is 2. The Morgan fingerprint density at radius 2 is 1.85 bits per heavy atom. The standard InChI is InChI=1S/C22H21ClN2O2/c1-26-12-4-11-25-21-10-8-18(23)14-20(21)24-22(25)15-27-19-9-7-16-5-2-3-6-17(16)13-19/h2-3,5-10,13-14H,4,11-12,15H2,1H3. The largest absolute Gasteiger partial charge is 0.486 e. The van der Waals surface area contributed by atoms with Gasteiger partial charge < -0.3 is 14.0 Å². The SMILES string of the molecule is COCCCn1c(COc2ccc3ccccc3c2)nc2cc(Cl)ccc21. The summed E-state index contributed by atoms with van der Waals surface area (Å²) in [5.41, 5.74) is 1.95. The predicted molar refractivity (Wildman–Crippen MR) is 110 cm³/mol. The summed E-state index contributed by atoms with van der Waals surface area (Å²) in [6.07, 6.45) is 0.910. The number of methoxy groups -OCH3 is 1. The fourth-order valence-electron chi connectivity index (χ4n) is 3.28. The second-order valence-corrected chi connectivity index (χ2v) is 6.89. The maximum atomic E-state index is 6.14. The third kappa shape index (κ3) is 3.92. The van der Waals surface area contributed by atoms with Crippen LogP contribution in [0.1, 0.15) is 12.2 Å². The Labute approximate surface area is 163 Å². The predicted octanol–water partition coefficient (Wildman–Crippen LogP) is 5.46. The Hall–Kier alpha value is -2.56. The lowest BCUT2D eigenvalue weighted by molar-refractivity contribution is 0.189. The fourth-order valence-corrected chi connectivity index (χ4v) is 3.45. The monoisotopic (exact) mass is 380 g/mol. The molecule has 5 heteroatoms. The van der Waals surface area contributed by atoms with Crippen LogP contribution in [0, 0.1) is 0 Å². The molecule has 4 nitrogen and oxygen atoms in total. The first kappa shape index (κ1) is 17.8. The van der Waals surface area contributed by atoms with Gasteiger partial charge in [-0.1, -0.05) is 41.9 Å². The Balaban J connectivity index is 1.60. The van der Waals surface area contributed by atoms with Crippen molar-refractivity contribution in [2.45, 2.75) is 19.6 Å². The van der Waals surface area contributed by atoms with Gasteiger partial charge in [-0.2, -0.15) is 0 Å². The van der Waals surface area contributed by atoms with E-state index in [1.54, 1.807) is 7.11 Å². The Kier molecular flexibility index (Phi) is 5.28. The lowest BCUT2D eigenvalue weighted by Crippen LogP contribution is -2.09. The number of rotatable bonds is 7. The van der Waals surface area contributed by atoms with E-state index >= 15 is 0 Å². The van der Waals surface area contributed by atoms with Crippen LogP contribution in [0.2, 0.25) is 5.02 Å². The first-order valence-electron chi connectivity index (χ1n) is 9.00. The first-order chi connectivity index (χ1) is 13.2. The van der Waals surface area contributed by atoms with Gasteiger partial charge in [0.05, 0.1) is 11.0 Å². The van der Waals surface area contributed by atoms with Crippen LogP contribution in [0.5, 0.6) is 5.75 Å². The minimum absolute atomic E-state index is 0.400. The Bertz CT molecular complexity index is 1070. The van der Waals surface area contributed by atoms with Crippen molar-refractivity contribution in [1.82, 2.24) is 9.55 Å². The summed E-state index contributed by atoms with van der Waals surface area (Å²) in [5.74, 6) is 1.72. The van der Waals surface area contributed by atoms with Crippen LogP contribution >= 0.6 is 11.6 Å². The summed E-state index contributed by atoms with van der Waals surface area (Å²) in [7, 11) is 1.72. The highest BCUT2D eigenvalue weighted by atomic mass is 35.5.